The van der Waals surface area contributed by atoms with Gasteiger partial charge in [0.15, 0.2) is 0 Å². The number of carbonyl (C=O) groups excluding carboxylic acids is 1. The van der Waals surface area contributed by atoms with Crippen molar-refractivity contribution < 1.29 is 13.7 Å². The van der Waals surface area contributed by atoms with Crippen molar-refractivity contribution in [1.82, 2.24) is 4.90 Å². The number of esters is 1. The van der Waals surface area contributed by atoms with Gasteiger partial charge in [0.05, 0.1) is 12.5 Å². The van der Waals surface area contributed by atoms with Crippen molar-refractivity contribution in [3.8, 4) is 0 Å². The molecule has 1 aliphatic heterocycles. The second kappa shape index (κ2) is 6.23. The molecule has 1 unspecified atom stereocenters. The summed E-state index contributed by atoms with van der Waals surface area (Å²) in [7, 11) is -0.648. The molecule has 88 valence electrons. The molecule has 15 heavy (non-hydrogen) atoms. The van der Waals surface area contributed by atoms with Crippen LogP contribution in [-0.4, -0.2) is 52.8 Å². The zero-order valence-corrected chi connectivity index (χ0v) is 10.2. The quantitative estimate of drug-likeness (QED) is 0.653. The van der Waals surface area contributed by atoms with E-state index >= 15 is 0 Å². The fourth-order valence-electron chi connectivity index (χ4n) is 1.60. The minimum atomic E-state index is -0.648. The third-order valence-corrected chi connectivity index (χ3v) is 3.77. The summed E-state index contributed by atoms with van der Waals surface area (Å²) in [5.41, 5.74) is 0. The molecule has 4 nitrogen and oxygen atoms in total. The number of rotatable bonds is 4. The van der Waals surface area contributed by atoms with E-state index in [-0.39, 0.29) is 11.9 Å². The fraction of sp³-hybridized carbons (Fsp3) is 0.900. The molecule has 1 fully saturated rings. The number of carbonyl (C=O) groups is 1. The van der Waals surface area contributed by atoms with Gasteiger partial charge < -0.3 is 9.64 Å². The first-order chi connectivity index (χ1) is 7.13. The third kappa shape index (κ3) is 4.30. The van der Waals surface area contributed by atoms with Gasteiger partial charge in [-0.05, 0) is 6.92 Å². The third-order valence-electron chi connectivity index (χ3n) is 2.49. The van der Waals surface area contributed by atoms with Gasteiger partial charge in [-0.2, -0.15) is 0 Å². The van der Waals surface area contributed by atoms with Crippen LogP contribution in [0, 0.1) is 5.92 Å². The Labute approximate surface area is 93.4 Å². The maximum absolute atomic E-state index is 11.4. The van der Waals surface area contributed by atoms with Crippen LogP contribution in [0.2, 0.25) is 0 Å². The topological polar surface area (TPSA) is 46.6 Å². The molecule has 0 aliphatic carbocycles. The molecule has 1 saturated heterocycles. The van der Waals surface area contributed by atoms with Gasteiger partial charge in [-0.3, -0.25) is 9.00 Å². The van der Waals surface area contributed by atoms with Crippen LogP contribution < -0.4 is 0 Å². The Morgan fingerprint density at radius 3 is 2.60 bits per heavy atom. The molecule has 0 radical (unpaired) electrons. The van der Waals surface area contributed by atoms with Crippen molar-refractivity contribution in [1.29, 1.82) is 0 Å². The van der Waals surface area contributed by atoms with Crippen molar-refractivity contribution in [3.05, 3.63) is 0 Å². The molecule has 5 heteroatoms. The van der Waals surface area contributed by atoms with Crippen molar-refractivity contribution >= 4 is 16.8 Å². The summed E-state index contributed by atoms with van der Waals surface area (Å²) in [5.74, 6) is 1.24. The predicted molar refractivity (Wildman–Crippen MR) is 60.1 cm³/mol. The van der Waals surface area contributed by atoms with Crippen LogP contribution in [0.5, 0.6) is 0 Å². The number of ether oxygens (including phenoxy) is 1. The Balaban J connectivity index is 2.28. The maximum atomic E-state index is 11.4. The molecule has 1 heterocycles. The molecule has 0 aromatic carbocycles. The van der Waals surface area contributed by atoms with Crippen LogP contribution >= 0.6 is 0 Å². The second-order valence-electron chi connectivity index (χ2n) is 3.80. The molecule has 0 amide bonds. The minimum absolute atomic E-state index is 0.0866. The van der Waals surface area contributed by atoms with Gasteiger partial charge in [0.2, 0.25) is 0 Å². The first-order valence-corrected chi connectivity index (χ1v) is 6.86. The Kier molecular flexibility index (Phi) is 5.25. The van der Waals surface area contributed by atoms with Gasteiger partial charge in [0.1, 0.15) is 0 Å². The summed E-state index contributed by atoms with van der Waals surface area (Å²) in [5, 5.41) is 0. The Hall–Kier alpha value is -0.420. The zero-order chi connectivity index (χ0) is 11.3. The van der Waals surface area contributed by atoms with Crippen LogP contribution in [0.1, 0.15) is 13.8 Å². The highest BCUT2D eigenvalue weighted by atomic mass is 32.2. The summed E-state index contributed by atoms with van der Waals surface area (Å²) in [6.07, 6.45) is 0. The maximum Gasteiger partial charge on any atom is 0.309 e. The Morgan fingerprint density at radius 2 is 2.07 bits per heavy atom. The van der Waals surface area contributed by atoms with Gasteiger partial charge in [-0.1, -0.05) is 6.92 Å². The van der Waals surface area contributed by atoms with E-state index in [4.69, 9.17) is 4.74 Å². The standard InChI is InChI=1S/C10H19NO3S/c1-3-14-10(12)9(2)8-11-4-6-15(13)7-5-11/h9H,3-8H2,1-2H3. The largest absolute Gasteiger partial charge is 0.466 e. The number of hydrogen-bond acceptors (Lipinski definition) is 4. The lowest BCUT2D eigenvalue weighted by atomic mass is 10.1. The highest BCUT2D eigenvalue weighted by molar-refractivity contribution is 7.85. The second-order valence-corrected chi connectivity index (χ2v) is 5.50. The van der Waals surface area contributed by atoms with E-state index < -0.39 is 10.8 Å². The van der Waals surface area contributed by atoms with E-state index in [1.54, 1.807) is 0 Å². The molecule has 0 bridgehead atoms. The molecule has 0 saturated carbocycles. The summed E-state index contributed by atoms with van der Waals surface area (Å²) in [6.45, 7) is 6.51. The molecule has 1 rings (SSSR count). The van der Waals surface area contributed by atoms with Gasteiger partial charge in [0, 0.05) is 41.9 Å². The molecule has 1 aliphatic rings. The summed E-state index contributed by atoms with van der Waals surface area (Å²) in [6, 6.07) is 0. The first kappa shape index (κ1) is 12.6. The van der Waals surface area contributed by atoms with Crippen LogP contribution in [0.3, 0.4) is 0 Å². The normalized spacial score (nSPS) is 21.2. The fourth-order valence-corrected chi connectivity index (χ4v) is 2.73. The Morgan fingerprint density at radius 1 is 1.47 bits per heavy atom. The smallest absolute Gasteiger partial charge is 0.309 e. The van der Waals surface area contributed by atoms with Crippen molar-refractivity contribution in [3.63, 3.8) is 0 Å². The van der Waals surface area contributed by atoms with Crippen LogP contribution in [0.15, 0.2) is 0 Å². The average Bonchev–Trinajstić information content (AvgIpc) is 2.22. The summed E-state index contributed by atoms with van der Waals surface area (Å²) >= 11 is 0. The molecular formula is C10H19NO3S. The van der Waals surface area contributed by atoms with Crippen molar-refractivity contribution in [2.45, 2.75) is 13.8 Å². The lowest BCUT2D eigenvalue weighted by Crippen LogP contribution is -2.41. The van der Waals surface area contributed by atoms with E-state index in [1.807, 2.05) is 13.8 Å². The summed E-state index contributed by atoms with van der Waals surface area (Å²) < 4.78 is 16.1. The molecule has 0 spiro atoms. The average molecular weight is 233 g/mol. The van der Waals surface area contributed by atoms with E-state index in [0.717, 1.165) is 31.1 Å². The van der Waals surface area contributed by atoms with Crippen molar-refractivity contribution in [2.75, 3.05) is 37.7 Å². The van der Waals surface area contributed by atoms with E-state index in [1.165, 1.54) is 0 Å². The van der Waals surface area contributed by atoms with Gasteiger partial charge >= 0.3 is 5.97 Å². The lowest BCUT2D eigenvalue weighted by molar-refractivity contribution is -0.148. The Bertz CT molecular complexity index is 235. The molecule has 0 aromatic rings. The minimum Gasteiger partial charge on any atom is -0.466 e. The first-order valence-electron chi connectivity index (χ1n) is 5.37. The molecule has 1 atom stereocenters. The van der Waals surface area contributed by atoms with Gasteiger partial charge in [-0.25, -0.2) is 0 Å². The van der Waals surface area contributed by atoms with Crippen LogP contribution in [0.25, 0.3) is 0 Å². The van der Waals surface area contributed by atoms with Gasteiger partial charge in [-0.15, -0.1) is 0 Å². The number of hydrogen-bond donors (Lipinski definition) is 0. The molecular weight excluding hydrogens is 214 g/mol. The van der Waals surface area contributed by atoms with E-state index in [2.05, 4.69) is 4.90 Å². The zero-order valence-electron chi connectivity index (χ0n) is 9.40. The van der Waals surface area contributed by atoms with Gasteiger partial charge in [0.25, 0.3) is 0 Å². The van der Waals surface area contributed by atoms with E-state index in [0.29, 0.717) is 6.61 Å². The lowest BCUT2D eigenvalue weighted by Gasteiger charge is -2.27. The van der Waals surface area contributed by atoms with Crippen LogP contribution in [0.4, 0.5) is 0 Å². The SMILES string of the molecule is CCOC(=O)C(C)CN1CCS(=O)CC1. The molecule has 0 N–H and O–H groups in total. The van der Waals surface area contributed by atoms with Crippen molar-refractivity contribution in [2.24, 2.45) is 5.92 Å². The highest BCUT2D eigenvalue weighted by Crippen LogP contribution is 2.06. The summed E-state index contributed by atoms with van der Waals surface area (Å²) in [4.78, 5) is 13.6. The van der Waals surface area contributed by atoms with Crippen LogP contribution in [-0.2, 0) is 20.3 Å². The number of nitrogens with zero attached hydrogens (tertiary/aromatic N) is 1. The monoisotopic (exact) mass is 233 g/mol. The molecule has 0 aromatic heterocycles. The predicted octanol–water partition coefficient (Wildman–Crippen LogP) is 0.250. The highest BCUT2D eigenvalue weighted by Gasteiger charge is 2.21. The van der Waals surface area contributed by atoms with E-state index in [9.17, 15) is 9.00 Å².